The maximum atomic E-state index is 11.6. The molecule has 0 spiro atoms. The van der Waals surface area contributed by atoms with Crippen molar-refractivity contribution < 1.29 is 13.6 Å². The van der Waals surface area contributed by atoms with E-state index in [1.165, 1.54) is 31.6 Å². The number of unbranched alkanes of at least 4 members (excludes halogenated alkanes) is 3. The molecule has 1 unspecified atom stereocenters. The standard InChI is InChI=1S/C24H37NO3Si/c1-19(26)21-18-27-23(25-21)22(28-29(5,6)24(2,3)4)17-13-8-7-10-14-20-15-11-9-12-16-20/h9,11-12,15-16,18,22H,7-8,10,13-14,17H2,1-6H3. The number of ketones is 1. The summed E-state index contributed by atoms with van der Waals surface area (Å²) in [6.07, 6.45) is 7.90. The van der Waals surface area contributed by atoms with Crippen molar-refractivity contribution in [2.75, 3.05) is 0 Å². The molecule has 0 saturated heterocycles. The third kappa shape index (κ3) is 7.23. The number of Topliss-reactive ketones (excluding diaryl/α,β-unsaturated/α-hetero) is 1. The summed E-state index contributed by atoms with van der Waals surface area (Å²) in [4.78, 5) is 16.0. The summed E-state index contributed by atoms with van der Waals surface area (Å²) in [7, 11) is -1.97. The van der Waals surface area contributed by atoms with E-state index in [-0.39, 0.29) is 16.9 Å². The van der Waals surface area contributed by atoms with Crippen LogP contribution in [0.2, 0.25) is 18.1 Å². The molecule has 0 aliphatic heterocycles. The van der Waals surface area contributed by atoms with Crippen molar-refractivity contribution in [2.24, 2.45) is 0 Å². The van der Waals surface area contributed by atoms with Gasteiger partial charge in [0.15, 0.2) is 14.1 Å². The molecule has 29 heavy (non-hydrogen) atoms. The van der Waals surface area contributed by atoms with Crippen LogP contribution in [0, 0.1) is 0 Å². The molecule has 0 aliphatic carbocycles. The Morgan fingerprint density at radius 2 is 1.76 bits per heavy atom. The number of hydrogen-bond donors (Lipinski definition) is 0. The zero-order chi connectivity index (χ0) is 21.5. The van der Waals surface area contributed by atoms with Gasteiger partial charge in [0.2, 0.25) is 5.89 Å². The molecule has 0 N–H and O–H groups in total. The third-order valence-electron chi connectivity index (χ3n) is 5.93. The normalized spacial score (nSPS) is 13.4. The Labute approximate surface area is 177 Å². The molecule has 160 valence electrons. The van der Waals surface area contributed by atoms with Gasteiger partial charge in [-0.15, -0.1) is 0 Å². The molecule has 0 radical (unpaired) electrons. The van der Waals surface area contributed by atoms with Crippen LogP contribution >= 0.6 is 0 Å². The van der Waals surface area contributed by atoms with Crippen molar-refractivity contribution in [3.05, 3.63) is 53.7 Å². The first-order chi connectivity index (χ1) is 13.6. The van der Waals surface area contributed by atoms with Crippen LogP contribution in [0.4, 0.5) is 0 Å². The summed E-state index contributed by atoms with van der Waals surface area (Å²) >= 11 is 0. The first-order valence-electron chi connectivity index (χ1n) is 10.8. The topological polar surface area (TPSA) is 52.3 Å². The number of oxazole rings is 1. The largest absolute Gasteiger partial charge is 0.445 e. The molecule has 0 bridgehead atoms. The number of carbonyl (C=O) groups is 1. The van der Waals surface area contributed by atoms with Crippen LogP contribution in [-0.2, 0) is 10.8 Å². The zero-order valence-electron chi connectivity index (χ0n) is 19.0. The predicted molar refractivity (Wildman–Crippen MR) is 121 cm³/mol. The molecule has 5 heteroatoms. The lowest BCUT2D eigenvalue weighted by molar-refractivity contribution is 0.101. The Kier molecular flexibility index (Phi) is 8.41. The maximum absolute atomic E-state index is 11.6. The van der Waals surface area contributed by atoms with Crippen LogP contribution < -0.4 is 0 Å². The second-order valence-corrected chi connectivity index (χ2v) is 14.2. The predicted octanol–water partition coefficient (Wildman–Crippen LogP) is 7.13. The number of rotatable bonds is 11. The fourth-order valence-electron chi connectivity index (χ4n) is 3.02. The SMILES string of the molecule is CC(=O)c1coc(C(CCCCCCc2ccccc2)O[Si](C)(C)C(C)(C)C)n1. The van der Waals surface area contributed by atoms with Crippen LogP contribution in [0.3, 0.4) is 0 Å². The number of benzene rings is 1. The van der Waals surface area contributed by atoms with E-state index in [0.29, 0.717) is 11.6 Å². The summed E-state index contributed by atoms with van der Waals surface area (Å²) in [5, 5.41) is 0.108. The van der Waals surface area contributed by atoms with Gasteiger partial charge in [-0.1, -0.05) is 70.4 Å². The summed E-state index contributed by atoms with van der Waals surface area (Å²) < 4.78 is 12.3. The molecule has 2 aromatic rings. The van der Waals surface area contributed by atoms with Crippen LogP contribution in [0.1, 0.15) is 87.8 Å². The van der Waals surface area contributed by atoms with E-state index in [1.807, 2.05) is 0 Å². The second kappa shape index (κ2) is 10.3. The minimum Gasteiger partial charge on any atom is -0.445 e. The van der Waals surface area contributed by atoms with E-state index in [4.69, 9.17) is 8.84 Å². The van der Waals surface area contributed by atoms with Gasteiger partial charge in [-0.2, -0.15) is 0 Å². The number of aromatic nitrogens is 1. The smallest absolute Gasteiger partial charge is 0.222 e. The Morgan fingerprint density at radius 3 is 2.34 bits per heavy atom. The molecular weight excluding hydrogens is 378 g/mol. The Morgan fingerprint density at radius 1 is 1.10 bits per heavy atom. The summed E-state index contributed by atoms with van der Waals surface area (Å²) in [5.74, 6) is 0.469. The molecule has 0 saturated carbocycles. The molecule has 4 nitrogen and oxygen atoms in total. The zero-order valence-corrected chi connectivity index (χ0v) is 20.0. The van der Waals surface area contributed by atoms with E-state index in [2.05, 4.69) is 69.2 Å². The average molecular weight is 416 g/mol. The Balaban J connectivity index is 1.91. The first-order valence-corrected chi connectivity index (χ1v) is 13.7. The molecule has 1 heterocycles. The average Bonchev–Trinajstić information content (AvgIpc) is 3.14. The highest BCUT2D eigenvalue weighted by Gasteiger charge is 2.40. The fourth-order valence-corrected chi connectivity index (χ4v) is 4.30. The third-order valence-corrected chi connectivity index (χ3v) is 10.4. The quantitative estimate of drug-likeness (QED) is 0.222. The van der Waals surface area contributed by atoms with Gasteiger partial charge in [0, 0.05) is 6.92 Å². The number of carbonyl (C=O) groups excluding carboxylic acids is 1. The van der Waals surface area contributed by atoms with Gasteiger partial charge in [0.25, 0.3) is 0 Å². The van der Waals surface area contributed by atoms with Gasteiger partial charge >= 0.3 is 0 Å². The molecule has 0 amide bonds. The summed E-state index contributed by atoms with van der Waals surface area (Å²) in [6.45, 7) is 12.7. The first kappa shape index (κ1) is 23.6. The van der Waals surface area contributed by atoms with Gasteiger partial charge in [-0.25, -0.2) is 4.98 Å². The van der Waals surface area contributed by atoms with Crippen LogP contribution in [0.25, 0.3) is 0 Å². The van der Waals surface area contributed by atoms with Crippen molar-refractivity contribution >= 4 is 14.1 Å². The molecule has 0 fully saturated rings. The van der Waals surface area contributed by atoms with Gasteiger partial charge in [-0.3, -0.25) is 4.79 Å². The highest BCUT2D eigenvalue weighted by molar-refractivity contribution is 6.74. The summed E-state index contributed by atoms with van der Waals surface area (Å²) in [5.41, 5.74) is 1.79. The minimum atomic E-state index is -1.97. The molecule has 2 rings (SSSR count). The van der Waals surface area contributed by atoms with Gasteiger partial charge in [0.05, 0.1) is 0 Å². The van der Waals surface area contributed by atoms with E-state index in [1.54, 1.807) is 0 Å². The fraction of sp³-hybridized carbons (Fsp3) is 0.583. The van der Waals surface area contributed by atoms with Gasteiger partial charge in [0.1, 0.15) is 18.1 Å². The molecule has 1 aromatic heterocycles. The molecular formula is C24H37NO3Si. The lowest BCUT2D eigenvalue weighted by atomic mass is 10.0. The van der Waals surface area contributed by atoms with E-state index in [0.717, 1.165) is 25.7 Å². The van der Waals surface area contributed by atoms with Gasteiger partial charge < -0.3 is 8.84 Å². The number of hydrogen-bond acceptors (Lipinski definition) is 4. The van der Waals surface area contributed by atoms with Crippen LogP contribution in [0.5, 0.6) is 0 Å². The van der Waals surface area contributed by atoms with E-state index in [9.17, 15) is 4.79 Å². The Hall–Kier alpha value is -1.72. The Bertz CT molecular complexity index is 762. The highest BCUT2D eigenvalue weighted by atomic mass is 28.4. The molecule has 1 aromatic carbocycles. The highest BCUT2D eigenvalue weighted by Crippen LogP contribution is 2.40. The van der Waals surface area contributed by atoms with Gasteiger partial charge in [-0.05, 0) is 43.0 Å². The van der Waals surface area contributed by atoms with Crippen LogP contribution in [-0.4, -0.2) is 19.1 Å². The van der Waals surface area contributed by atoms with E-state index < -0.39 is 8.32 Å². The lowest BCUT2D eigenvalue weighted by Gasteiger charge is -2.38. The van der Waals surface area contributed by atoms with Crippen molar-refractivity contribution in [3.63, 3.8) is 0 Å². The molecule has 1 atom stereocenters. The molecule has 0 aliphatic rings. The second-order valence-electron chi connectivity index (χ2n) is 9.43. The lowest BCUT2D eigenvalue weighted by Crippen LogP contribution is -2.41. The van der Waals surface area contributed by atoms with Crippen LogP contribution in [0.15, 0.2) is 41.0 Å². The summed E-state index contributed by atoms with van der Waals surface area (Å²) in [6, 6.07) is 10.6. The maximum Gasteiger partial charge on any atom is 0.222 e. The van der Waals surface area contributed by atoms with Crippen molar-refractivity contribution in [3.8, 4) is 0 Å². The number of nitrogens with zero attached hydrogens (tertiary/aromatic N) is 1. The van der Waals surface area contributed by atoms with Crippen molar-refractivity contribution in [2.45, 2.75) is 90.5 Å². The van der Waals surface area contributed by atoms with Crippen molar-refractivity contribution in [1.82, 2.24) is 4.98 Å². The minimum absolute atomic E-state index is 0.0769. The van der Waals surface area contributed by atoms with E-state index >= 15 is 0 Å². The van der Waals surface area contributed by atoms with Crippen molar-refractivity contribution in [1.29, 1.82) is 0 Å². The number of aryl methyl sites for hydroxylation is 1. The monoisotopic (exact) mass is 415 g/mol.